The van der Waals surface area contributed by atoms with Gasteiger partial charge in [0.15, 0.2) is 0 Å². The molecule has 0 aromatic heterocycles. The fraction of sp³-hybridized carbons (Fsp3) is 0.462. The van der Waals surface area contributed by atoms with Gasteiger partial charge in [0.2, 0.25) is 5.91 Å². The van der Waals surface area contributed by atoms with Gasteiger partial charge < -0.3 is 16.4 Å². The van der Waals surface area contributed by atoms with Gasteiger partial charge in [0, 0.05) is 30.8 Å². The summed E-state index contributed by atoms with van der Waals surface area (Å²) in [6.45, 7) is 1.13. The van der Waals surface area contributed by atoms with E-state index in [4.69, 9.17) is 11.5 Å². The first-order chi connectivity index (χ1) is 9.54. The summed E-state index contributed by atoms with van der Waals surface area (Å²) in [6.07, 6.45) is 2.91. The molecular formula is C13H18N4O3. The number of primary amides is 1. The molecule has 2 rings (SSSR count). The van der Waals surface area contributed by atoms with Crippen molar-refractivity contribution in [1.82, 2.24) is 0 Å². The van der Waals surface area contributed by atoms with Crippen LogP contribution in [-0.2, 0) is 0 Å². The quantitative estimate of drug-likeness (QED) is 0.630. The molecule has 108 valence electrons. The average Bonchev–Trinajstić information content (AvgIpc) is 2.46. The van der Waals surface area contributed by atoms with Crippen LogP contribution in [-0.4, -0.2) is 30.0 Å². The van der Waals surface area contributed by atoms with Gasteiger partial charge in [0.05, 0.1) is 4.92 Å². The molecule has 1 aromatic carbocycles. The molecule has 0 bridgehead atoms. The Labute approximate surface area is 116 Å². The third-order valence-electron chi connectivity index (χ3n) is 3.67. The zero-order valence-corrected chi connectivity index (χ0v) is 11.1. The molecule has 1 aromatic rings. The van der Waals surface area contributed by atoms with Crippen molar-refractivity contribution in [2.24, 2.45) is 11.5 Å². The summed E-state index contributed by atoms with van der Waals surface area (Å²) >= 11 is 0. The fourth-order valence-corrected chi connectivity index (χ4v) is 2.62. The second kappa shape index (κ2) is 5.87. The maximum Gasteiger partial charge on any atom is 0.292 e. The molecule has 1 aliphatic heterocycles. The summed E-state index contributed by atoms with van der Waals surface area (Å²) < 4.78 is 0. The van der Waals surface area contributed by atoms with Gasteiger partial charge in [-0.15, -0.1) is 0 Å². The summed E-state index contributed by atoms with van der Waals surface area (Å²) in [4.78, 5) is 23.9. The van der Waals surface area contributed by atoms with Crippen molar-refractivity contribution < 1.29 is 9.72 Å². The van der Waals surface area contributed by atoms with Crippen molar-refractivity contribution >= 4 is 17.3 Å². The Kier molecular flexibility index (Phi) is 4.19. The minimum atomic E-state index is -0.595. The lowest BCUT2D eigenvalue weighted by Gasteiger charge is -2.36. The Morgan fingerprint density at radius 2 is 2.20 bits per heavy atom. The van der Waals surface area contributed by atoms with Crippen LogP contribution in [0.25, 0.3) is 0 Å². The lowest BCUT2D eigenvalue weighted by molar-refractivity contribution is -0.384. The van der Waals surface area contributed by atoms with E-state index in [1.165, 1.54) is 18.2 Å². The van der Waals surface area contributed by atoms with Crippen LogP contribution in [0.5, 0.6) is 0 Å². The van der Waals surface area contributed by atoms with Crippen LogP contribution in [0, 0.1) is 10.1 Å². The number of benzene rings is 1. The first-order valence-electron chi connectivity index (χ1n) is 6.59. The molecule has 7 heteroatoms. The number of hydrogen-bond acceptors (Lipinski definition) is 5. The highest BCUT2D eigenvalue weighted by Crippen LogP contribution is 2.33. The third-order valence-corrected chi connectivity index (χ3v) is 3.67. The number of nitrogens with zero attached hydrogens (tertiary/aromatic N) is 2. The van der Waals surface area contributed by atoms with E-state index < -0.39 is 10.8 Å². The number of nitrogens with two attached hydrogens (primary N) is 2. The predicted octanol–water partition coefficient (Wildman–Crippen LogP) is 1.01. The minimum absolute atomic E-state index is 0.0182. The zero-order chi connectivity index (χ0) is 14.7. The summed E-state index contributed by atoms with van der Waals surface area (Å²) in [5, 5.41) is 11.2. The number of rotatable bonds is 4. The summed E-state index contributed by atoms with van der Waals surface area (Å²) in [5.74, 6) is -0.595. The highest BCUT2D eigenvalue weighted by Gasteiger charge is 2.28. The predicted molar refractivity (Wildman–Crippen MR) is 75.7 cm³/mol. The van der Waals surface area contributed by atoms with Crippen molar-refractivity contribution in [2.45, 2.75) is 25.3 Å². The van der Waals surface area contributed by atoms with E-state index in [9.17, 15) is 14.9 Å². The molecule has 1 unspecified atom stereocenters. The SMILES string of the molecule is NCC1CCCCN1c1cc(C(N)=O)ccc1[N+](=O)[O-]. The van der Waals surface area contributed by atoms with Crippen molar-refractivity contribution in [3.63, 3.8) is 0 Å². The van der Waals surface area contributed by atoms with E-state index in [-0.39, 0.29) is 17.3 Å². The maximum atomic E-state index is 11.3. The Bertz CT molecular complexity index is 532. The molecule has 1 amide bonds. The molecule has 1 fully saturated rings. The lowest BCUT2D eigenvalue weighted by Crippen LogP contribution is -2.44. The fourth-order valence-electron chi connectivity index (χ4n) is 2.62. The van der Waals surface area contributed by atoms with Gasteiger partial charge in [-0.3, -0.25) is 14.9 Å². The molecule has 7 nitrogen and oxygen atoms in total. The van der Waals surface area contributed by atoms with E-state index in [1.54, 1.807) is 0 Å². The van der Waals surface area contributed by atoms with Gasteiger partial charge in [-0.25, -0.2) is 0 Å². The standard InChI is InChI=1S/C13H18N4O3/c14-8-10-3-1-2-6-16(10)12-7-9(13(15)18)4-5-11(12)17(19)20/h4-5,7,10H,1-3,6,8,14H2,(H2,15,18). The van der Waals surface area contributed by atoms with E-state index in [0.29, 0.717) is 18.8 Å². The van der Waals surface area contributed by atoms with E-state index in [1.807, 2.05) is 4.90 Å². The van der Waals surface area contributed by atoms with E-state index in [2.05, 4.69) is 0 Å². The van der Waals surface area contributed by atoms with Gasteiger partial charge in [0.25, 0.3) is 5.69 Å². The number of carbonyl (C=O) groups excluding carboxylic acids is 1. The topological polar surface area (TPSA) is 115 Å². The summed E-state index contributed by atoms with van der Waals surface area (Å²) in [7, 11) is 0. The van der Waals surface area contributed by atoms with E-state index in [0.717, 1.165) is 19.3 Å². The molecule has 0 aliphatic carbocycles. The molecule has 0 spiro atoms. The van der Waals surface area contributed by atoms with Crippen LogP contribution in [0.3, 0.4) is 0 Å². The monoisotopic (exact) mass is 278 g/mol. The number of hydrogen-bond donors (Lipinski definition) is 2. The van der Waals surface area contributed by atoms with Gasteiger partial charge in [-0.1, -0.05) is 0 Å². The number of amides is 1. The van der Waals surface area contributed by atoms with Crippen molar-refractivity contribution in [3.05, 3.63) is 33.9 Å². The van der Waals surface area contributed by atoms with Crippen LogP contribution in [0.1, 0.15) is 29.6 Å². The Hall–Kier alpha value is -2.15. The zero-order valence-electron chi connectivity index (χ0n) is 11.1. The molecule has 4 N–H and O–H groups in total. The van der Waals surface area contributed by atoms with Crippen molar-refractivity contribution in [1.29, 1.82) is 0 Å². The largest absolute Gasteiger partial charge is 0.366 e. The Morgan fingerprint density at radius 1 is 1.45 bits per heavy atom. The second-order valence-corrected chi connectivity index (χ2v) is 4.90. The highest BCUT2D eigenvalue weighted by atomic mass is 16.6. The number of piperidine rings is 1. The number of carbonyl (C=O) groups is 1. The van der Waals surface area contributed by atoms with Gasteiger partial charge in [-0.05, 0) is 31.4 Å². The lowest BCUT2D eigenvalue weighted by atomic mass is 10.00. The number of nitro benzene ring substituents is 1. The second-order valence-electron chi connectivity index (χ2n) is 4.90. The normalized spacial score (nSPS) is 18.9. The Morgan fingerprint density at radius 3 is 2.80 bits per heavy atom. The highest BCUT2D eigenvalue weighted by molar-refractivity contribution is 5.94. The number of anilines is 1. The van der Waals surface area contributed by atoms with Gasteiger partial charge in [0.1, 0.15) is 5.69 Å². The maximum absolute atomic E-state index is 11.3. The molecular weight excluding hydrogens is 260 g/mol. The molecule has 1 heterocycles. The van der Waals surface area contributed by atoms with Crippen LogP contribution in [0.4, 0.5) is 11.4 Å². The molecule has 1 atom stereocenters. The van der Waals surface area contributed by atoms with Gasteiger partial charge in [-0.2, -0.15) is 0 Å². The van der Waals surface area contributed by atoms with Crippen molar-refractivity contribution in [3.8, 4) is 0 Å². The summed E-state index contributed by atoms with van der Waals surface area (Å²) in [6, 6.07) is 4.27. The summed E-state index contributed by atoms with van der Waals surface area (Å²) in [5.41, 5.74) is 11.7. The molecule has 1 saturated heterocycles. The molecule has 0 saturated carbocycles. The van der Waals surface area contributed by atoms with E-state index >= 15 is 0 Å². The number of nitro groups is 1. The van der Waals surface area contributed by atoms with Crippen LogP contribution in [0.2, 0.25) is 0 Å². The molecule has 20 heavy (non-hydrogen) atoms. The van der Waals surface area contributed by atoms with Crippen molar-refractivity contribution in [2.75, 3.05) is 18.0 Å². The molecule has 0 radical (unpaired) electrons. The van der Waals surface area contributed by atoms with Gasteiger partial charge >= 0.3 is 0 Å². The minimum Gasteiger partial charge on any atom is -0.366 e. The first kappa shape index (κ1) is 14.3. The van der Waals surface area contributed by atoms with Crippen LogP contribution < -0.4 is 16.4 Å². The van der Waals surface area contributed by atoms with Crippen LogP contribution in [0.15, 0.2) is 18.2 Å². The smallest absolute Gasteiger partial charge is 0.292 e. The molecule has 1 aliphatic rings. The van der Waals surface area contributed by atoms with Crippen LogP contribution >= 0.6 is 0 Å². The average molecular weight is 278 g/mol. The first-order valence-corrected chi connectivity index (χ1v) is 6.59. The third kappa shape index (κ3) is 2.72. The Balaban J connectivity index is 2.47.